The van der Waals surface area contributed by atoms with Crippen LogP contribution in [0.2, 0.25) is 0 Å². The Morgan fingerprint density at radius 1 is 1.23 bits per heavy atom. The van der Waals surface area contributed by atoms with Gasteiger partial charge in [0.05, 0.1) is 12.7 Å². The van der Waals surface area contributed by atoms with Crippen LogP contribution in [0.25, 0.3) is 0 Å². The molecule has 1 heterocycles. The molecule has 22 heavy (non-hydrogen) atoms. The first-order valence-corrected chi connectivity index (χ1v) is 7.07. The fourth-order valence-corrected chi connectivity index (χ4v) is 2.52. The summed E-state index contributed by atoms with van der Waals surface area (Å²) in [6, 6.07) is 8.89. The minimum Gasteiger partial charge on any atom is -0.477 e. The van der Waals surface area contributed by atoms with Crippen molar-refractivity contribution in [1.82, 2.24) is 4.57 Å². The average molecular weight is 301 g/mol. The Balaban J connectivity index is 2.33. The van der Waals surface area contributed by atoms with Crippen molar-refractivity contribution in [2.45, 2.75) is 26.8 Å². The molecule has 1 N–H and O–H groups in total. The van der Waals surface area contributed by atoms with E-state index in [0.29, 0.717) is 24.2 Å². The van der Waals surface area contributed by atoms with Crippen LogP contribution in [-0.4, -0.2) is 28.7 Å². The maximum atomic E-state index is 11.5. The van der Waals surface area contributed by atoms with Gasteiger partial charge in [-0.1, -0.05) is 19.1 Å². The fraction of sp³-hybridized carbons (Fsp3) is 0.294. The molecule has 1 aromatic heterocycles. The lowest BCUT2D eigenvalue weighted by molar-refractivity contribution is 0.0599. The highest BCUT2D eigenvalue weighted by Crippen LogP contribution is 2.19. The number of methoxy groups -OCH3 is 1. The van der Waals surface area contributed by atoms with Crippen molar-refractivity contribution in [3.8, 4) is 0 Å². The summed E-state index contributed by atoms with van der Waals surface area (Å²) in [5.74, 6) is -1.31. The minimum atomic E-state index is -0.920. The van der Waals surface area contributed by atoms with Gasteiger partial charge in [-0.3, -0.25) is 0 Å². The number of aromatic carboxylic acids is 1. The smallest absolute Gasteiger partial charge is 0.352 e. The Bertz CT molecular complexity index is 698. The highest BCUT2D eigenvalue weighted by Gasteiger charge is 2.18. The third kappa shape index (κ3) is 3.03. The Labute approximate surface area is 129 Å². The summed E-state index contributed by atoms with van der Waals surface area (Å²) in [5.41, 5.74) is 3.47. The van der Waals surface area contributed by atoms with Crippen LogP contribution in [-0.2, 0) is 17.7 Å². The van der Waals surface area contributed by atoms with E-state index in [4.69, 9.17) is 0 Å². The summed E-state index contributed by atoms with van der Waals surface area (Å²) < 4.78 is 6.45. The SMILES string of the molecule is CCc1cc(C)n(Cc2ccc(C(=O)OC)cc2)c1C(=O)O. The van der Waals surface area contributed by atoms with E-state index in [-0.39, 0.29) is 5.97 Å². The number of carbonyl (C=O) groups is 2. The molecular formula is C17H19NO4. The summed E-state index contributed by atoms with van der Waals surface area (Å²) in [4.78, 5) is 22.9. The maximum absolute atomic E-state index is 11.5. The lowest BCUT2D eigenvalue weighted by Crippen LogP contribution is -2.12. The van der Waals surface area contributed by atoms with Crippen molar-refractivity contribution in [3.05, 3.63) is 58.4 Å². The molecule has 0 saturated heterocycles. The minimum absolute atomic E-state index is 0.331. The number of carbonyl (C=O) groups excluding carboxylic acids is 1. The van der Waals surface area contributed by atoms with Gasteiger partial charge in [-0.05, 0) is 42.7 Å². The van der Waals surface area contributed by atoms with Crippen LogP contribution in [0, 0.1) is 6.92 Å². The van der Waals surface area contributed by atoms with Crippen molar-refractivity contribution in [1.29, 1.82) is 0 Å². The second kappa shape index (κ2) is 6.47. The summed E-state index contributed by atoms with van der Waals surface area (Å²) in [7, 11) is 1.34. The number of aryl methyl sites for hydroxylation is 2. The molecule has 0 fully saturated rings. The first-order chi connectivity index (χ1) is 10.5. The van der Waals surface area contributed by atoms with Gasteiger partial charge in [0, 0.05) is 12.2 Å². The van der Waals surface area contributed by atoms with E-state index in [1.165, 1.54) is 7.11 Å². The lowest BCUT2D eigenvalue weighted by Gasteiger charge is -2.10. The normalized spacial score (nSPS) is 10.5. The van der Waals surface area contributed by atoms with Crippen molar-refractivity contribution < 1.29 is 19.4 Å². The van der Waals surface area contributed by atoms with Crippen LogP contribution in [0.4, 0.5) is 0 Å². The van der Waals surface area contributed by atoms with E-state index in [1.807, 2.05) is 32.0 Å². The molecule has 0 aliphatic carbocycles. The van der Waals surface area contributed by atoms with Gasteiger partial charge in [0.15, 0.2) is 0 Å². The quantitative estimate of drug-likeness (QED) is 0.862. The zero-order valence-corrected chi connectivity index (χ0v) is 12.9. The number of rotatable bonds is 5. The van der Waals surface area contributed by atoms with Gasteiger partial charge in [-0.2, -0.15) is 0 Å². The van der Waals surface area contributed by atoms with Gasteiger partial charge in [-0.15, -0.1) is 0 Å². The summed E-state index contributed by atoms with van der Waals surface area (Å²) in [5, 5.41) is 9.44. The van der Waals surface area contributed by atoms with E-state index < -0.39 is 5.97 Å². The molecule has 0 amide bonds. The van der Waals surface area contributed by atoms with Crippen LogP contribution >= 0.6 is 0 Å². The number of carboxylic acids is 1. The number of benzene rings is 1. The van der Waals surface area contributed by atoms with Crippen molar-refractivity contribution >= 4 is 11.9 Å². The Morgan fingerprint density at radius 3 is 2.36 bits per heavy atom. The van der Waals surface area contributed by atoms with E-state index in [1.54, 1.807) is 16.7 Å². The number of esters is 1. The second-order valence-electron chi connectivity index (χ2n) is 5.09. The van der Waals surface area contributed by atoms with Crippen LogP contribution in [0.1, 0.15) is 44.6 Å². The maximum Gasteiger partial charge on any atom is 0.352 e. The molecule has 0 atom stereocenters. The molecule has 0 spiro atoms. The van der Waals surface area contributed by atoms with Crippen LogP contribution < -0.4 is 0 Å². The Hall–Kier alpha value is -2.56. The molecule has 116 valence electrons. The standard InChI is InChI=1S/C17H19NO4/c1-4-13-9-11(2)18(15(13)16(19)20)10-12-5-7-14(8-6-12)17(21)22-3/h5-9H,4,10H2,1-3H3,(H,19,20). The van der Waals surface area contributed by atoms with Gasteiger partial charge in [0.25, 0.3) is 0 Å². The Kier molecular flexibility index (Phi) is 4.65. The number of carboxylic acid groups (broad SMARTS) is 1. The van der Waals surface area contributed by atoms with Crippen molar-refractivity contribution in [2.24, 2.45) is 0 Å². The zero-order chi connectivity index (χ0) is 16.3. The largest absolute Gasteiger partial charge is 0.477 e. The van der Waals surface area contributed by atoms with Gasteiger partial charge in [0.1, 0.15) is 5.69 Å². The number of hydrogen-bond acceptors (Lipinski definition) is 3. The molecular weight excluding hydrogens is 282 g/mol. The van der Waals surface area contributed by atoms with Crippen LogP contribution in [0.3, 0.4) is 0 Å². The van der Waals surface area contributed by atoms with Gasteiger partial charge in [-0.25, -0.2) is 9.59 Å². The third-order valence-electron chi connectivity index (χ3n) is 3.68. The molecule has 0 bridgehead atoms. The van der Waals surface area contributed by atoms with Crippen molar-refractivity contribution in [2.75, 3.05) is 7.11 Å². The second-order valence-corrected chi connectivity index (χ2v) is 5.09. The molecule has 5 heteroatoms. The fourth-order valence-electron chi connectivity index (χ4n) is 2.52. The van der Waals surface area contributed by atoms with E-state index >= 15 is 0 Å². The molecule has 2 rings (SSSR count). The molecule has 0 aliphatic heterocycles. The average Bonchev–Trinajstić information content (AvgIpc) is 2.83. The zero-order valence-electron chi connectivity index (χ0n) is 12.9. The van der Waals surface area contributed by atoms with Gasteiger partial charge in [0.2, 0.25) is 0 Å². The summed E-state index contributed by atoms with van der Waals surface area (Å²) in [6.45, 7) is 4.29. The number of ether oxygens (including phenoxy) is 1. The van der Waals surface area contributed by atoms with Crippen molar-refractivity contribution in [3.63, 3.8) is 0 Å². The molecule has 0 aliphatic rings. The number of hydrogen-bond donors (Lipinski definition) is 1. The molecule has 2 aromatic rings. The summed E-state index contributed by atoms with van der Waals surface area (Å²) >= 11 is 0. The van der Waals surface area contributed by atoms with E-state index in [0.717, 1.165) is 16.8 Å². The molecule has 0 radical (unpaired) electrons. The third-order valence-corrected chi connectivity index (χ3v) is 3.68. The molecule has 0 unspecified atom stereocenters. The highest BCUT2D eigenvalue weighted by molar-refractivity contribution is 5.89. The topological polar surface area (TPSA) is 68.5 Å². The Morgan fingerprint density at radius 2 is 1.86 bits per heavy atom. The highest BCUT2D eigenvalue weighted by atomic mass is 16.5. The van der Waals surface area contributed by atoms with E-state index in [2.05, 4.69) is 4.74 Å². The predicted octanol–water partition coefficient (Wildman–Crippen LogP) is 2.89. The van der Waals surface area contributed by atoms with Crippen LogP contribution in [0.15, 0.2) is 30.3 Å². The number of aromatic nitrogens is 1. The first kappa shape index (κ1) is 15.8. The first-order valence-electron chi connectivity index (χ1n) is 7.07. The lowest BCUT2D eigenvalue weighted by atomic mass is 10.1. The van der Waals surface area contributed by atoms with Gasteiger partial charge < -0.3 is 14.4 Å². The summed E-state index contributed by atoms with van der Waals surface area (Å²) in [6.07, 6.45) is 0.677. The predicted molar refractivity (Wildman–Crippen MR) is 82.4 cm³/mol. The molecule has 5 nitrogen and oxygen atoms in total. The number of nitrogens with zero attached hydrogens (tertiary/aromatic N) is 1. The molecule has 1 aromatic carbocycles. The van der Waals surface area contributed by atoms with Gasteiger partial charge >= 0.3 is 11.9 Å². The monoisotopic (exact) mass is 301 g/mol. The van der Waals surface area contributed by atoms with E-state index in [9.17, 15) is 14.7 Å². The van der Waals surface area contributed by atoms with Crippen LogP contribution in [0.5, 0.6) is 0 Å². The molecule has 0 saturated carbocycles.